The molecule has 7 nitrogen and oxygen atoms in total. The molecule has 0 saturated heterocycles. The first kappa shape index (κ1) is 20.0. The summed E-state index contributed by atoms with van der Waals surface area (Å²) in [6.45, 7) is 0. The maximum absolute atomic E-state index is 13.0. The van der Waals surface area contributed by atoms with Crippen LogP contribution in [-0.4, -0.2) is 17.9 Å². The van der Waals surface area contributed by atoms with E-state index in [4.69, 9.17) is 13.6 Å². The first-order chi connectivity index (χ1) is 14.0. The molecule has 0 heterocycles. The second-order valence-electron chi connectivity index (χ2n) is 5.68. The minimum absolute atomic E-state index is 0.0410. The van der Waals surface area contributed by atoms with Gasteiger partial charge >= 0.3 is 25.7 Å². The number of rotatable bonds is 6. The molecule has 3 aromatic carbocycles. The third-order valence-corrected chi connectivity index (χ3v) is 4.78. The van der Waals surface area contributed by atoms with Crippen molar-refractivity contribution in [2.75, 3.05) is 0 Å². The van der Waals surface area contributed by atoms with Crippen molar-refractivity contribution in [2.24, 2.45) is 0 Å². The van der Waals surface area contributed by atoms with Gasteiger partial charge in [0.1, 0.15) is 0 Å². The zero-order valence-electron chi connectivity index (χ0n) is 15.0. The van der Waals surface area contributed by atoms with E-state index < -0.39 is 25.7 Å². The Kier molecular flexibility index (Phi) is 6.22. The second kappa shape index (κ2) is 8.99. The molecule has 0 unspecified atom stereocenters. The molecule has 0 aliphatic carbocycles. The summed E-state index contributed by atoms with van der Waals surface area (Å²) in [7, 11) is -4.93. The lowest BCUT2D eigenvalue weighted by atomic mass is 10.2. The third-order valence-electron chi connectivity index (χ3n) is 3.61. The summed E-state index contributed by atoms with van der Waals surface area (Å²) < 4.78 is 27.6. The quantitative estimate of drug-likeness (QED) is 0.545. The van der Waals surface area contributed by atoms with Crippen LogP contribution in [0.25, 0.3) is 0 Å². The topological polar surface area (TPSA) is 96.0 Å². The molecule has 0 bridgehead atoms. The number of carbonyl (C=O) groups excluding carboxylic acids is 3. The lowest BCUT2D eigenvalue weighted by Gasteiger charge is -2.16. The van der Waals surface area contributed by atoms with E-state index in [1.165, 1.54) is 36.4 Å². The lowest BCUT2D eigenvalue weighted by molar-refractivity contribution is 0.0471. The van der Waals surface area contributed by atoms with Crippen LogP contribution < -0.4 is 0 Å². The monoisotopic (exact) mass is 410 g/mol. The highest BCUT2D eigenvalue weighted by molar-refractivity contribution is 7.50. The molecule has 0 radical (unpaired) electrons. The van der Waals surface area contributed by atoms with Crippen LogP contribution in [0.2, 0.25) is 0 Å². The molecule has 0 spiro atoms. The van der Waals surface area contributed by atoms with E-state index in [0.29, 0.717) is 0 Å². The maximum atomic E-state index is 13.0. The molecule has 0 aliphatic rings. The summed E-state index contributed by atoms with van der Waals surface area (Å²) in [5.74, 6) is -3.22. The molecule has 0 aromatic heterocycles. The van der Waals surface area contributed by atoms with Gasteiger partial charge in [-0.05, 0) is 36.4 Å². The molecule has 3 rings (SSSR count). The minimum atomic E-state index is -4.93. The van der Waals surface area contributed by atoms with Crippen LogP contribution in [0, 0.1) is 0 Å². The molecule has 0 atom stereocenters. The Morgan fingerprint density at radius 1 is 0.483 bits per heavy atom. The van der Waals surface area contributed by atoms with Crippen LogP contribution in [0.1, 0.15) is 31.1 Å². The Labute approximate surface area is 166 Å². The predicted molar refractivity (Wildman–Crippen MR) is 103 cm³/mol. The zero-order valence-corrected chi connectivity index (χ0v) is 15.9. The summed E-state index contributed by atoms with van der Waals surface area (Å²) in [4.78, 5) is 37.0. The second-order valence-corrected chi connectivity index (χ2v) is 7.12. The van der Waals surface area contributed by atoms with Crippen molar-refractivity contribution in [3.8, 4) is 0 Å². The van der Waals surface area contributed by atoms with Crippen molar-refractivity contribution in [2.45, 2.75) is 0 Å². The molecular formula is C21H15O7P. The van der Waals surface area contributed by atoms with Gasteiger partial charge in [-0.3, -0.25) is 0 Å². The maximum Gasteiger partial charge on any atom is 0.654 e. The van der Waals surface area contributed by atoms with Gasteiger partial charge in [0.05, 0.1) is 16.7 Å². The van der Waals surface area contributed by atoms with Gasteiger partial charge in [-0.2, -0.15) is 4.57 Å². The standard InChI is InChI=1S/C21H15O7P/c22-19(16-10-4-1-5-11-16)26-29(25,27-20(23)17-12-6-2-7-13-17)28-21(24)18-14-8-3-9-15-18/h1-15H. The van der Waals surface area contributed by atoms with E-state index in [-0.39, 0.29) is 16.7 Å². The van der Waals surface area contributed by atoms with E-state index >= 15 is 0 Å². The number of hydrogen-bond acceptors (Lipinski definition) is 7. The number of phosphoric acid groups is 1. The highest BCUT2D eigenvalue weighted by Gasteiger charge is 2.40. The fraction of sp³-hybridized carbons (Fsp3) is 0. The van der Waals surface area contributed by atoms with Crippen LogP contribution in [0.3, 0.4) is 0 Å². The highest BCUT2D eigenvalue weighted by Crippen LogP contribution is 2.51. The van der Waals surface area contributed by atoms with Crippen molar-refractivity contribution < 1.29 is 32.5 Å². The van der Waals surface area contributed by atoms with Crippen molar-refractivity contribution in [1.29, 1.82) is 0 Å². The van der Waals surface area contributed by atoms with Crippen LogP contribution in [-0.2, 0) is 18.1 Å². The van der Waals surface area contributed by atoms with E-state index in [2.05, 4.69) is 0 Å². The average molecular weight is 410 g/mol. The summed E-state index contributed by atoms with van der Waals surface area (Å²) in [6.07, 6.45) is 0. The van der Waals surface area contributed by atoms with Crippen molar-refractivity contribution in [1.82, 2.24) is 0 Å². The molecule has 146 valence electrons. The van der Waals surface area contributed by atoms with Gasteiger partial charge in [-0.25, -0.2) is 14.4 Å². The predicted octanol–water partition coefficient (Wildman–Crippen LogP) is 4.67. The van der Waals surface area contributed by atoms with E-state index in [0.717, 1.165) is 0 Å². The molecule has 0 N–H and O–H groups in total. The van der Waals surface area contributed by atoms with Crippen LogP contribution in [0.5, 0.6) is 0 Å². The Morgan fingerprint density at radius 3 is 0.966 bits per heavy atom. The van der Waals surface area contributed by atoms with E-state index in [1.807, 2.05) is 0 Å². The molecule has 29 heavy (non-hydrogen) atoms. The number of carbonyl (C=O) groups is 3. The summed E-state index contributed by atoms with van der Waals surface area (Å²) in [5, 5.41) is 0. The normalized spacial score (nSPS) is 10.6. The number of benzene rings is 3. The van der Waals surface area contributed by atoms with Gasteiger partial charge in [0, 0.05) is 0 Å². The first-order valence-electron chi connectivity index (χ1n) is 8.44. The van der Waals surface area contributed by atoms with Crippen LogP contribution >= 0.6 is 7.82 Å². The highest BCUT2D eigenvalue weighted by atomic mass is 31.2. The molecule has 3 aromatic rings. The van der Waals surface area contributed by atoms with Crippen molar-refractivity contribution >= 4 is 25.7 Å². The summed E-state index contributed by atoms with van der Waals surface area (Å²) in [6, 6.07) is 22.8. The zero-order chi connectivity index (χ0) is 20.7. The van der Waals surface area contributed by atoms with Gasteiger partial charge in [-0.1, -0.05) is 54.6 Å². The SMILES string of the molecule is O=C(OP(=O)(OC(=O)c1ccccc1)OC(=O)c1ccccc1)c1ccccc1. The van der Waals surface area contributed by atoms with Crippen molar-refractivity contribution in [3.05, 3.63) is 108 Å². The fourth-order valence-electron chi connectivity index (χ4n) is 2.24. The molecule has 8 heteroatoms. The number of phosphoric ester groups is 1. The van der Waals surface area contributed by atoms with Gasteiger partial charge in [-0.15, -0.1) is 0 Å². The lowest BCUT2D eigenvalue weighted by Crippen LogP contribution is -2.14. The van der Waals surface area contributed by atoms with Crippen LogP contribution in [0.4, 0.5) is 0 Å². The third kappa shape index (κ3) is 5.40. The van der Waals surface area contributed by atoms with Crippen molar-refractivity contribution in [3.63, 3.8) is 0 Å². The Balaban J connectivity index is 1.85. The molecule has 0 fully saturated rings. The Morgan fingerprint density at radius 2 is 0.724 bits per heavy atom. The van der Waals surface area contributed by atoms with Gasteiger partial charge in [0.15, 0.2) is 0 Å². The van der Waals surface area contributed by atoms with Gasteiger partial charge in [0.25, 0.3) is 0 Å². The molecular weight excluding hydrogens is 395 g/mol. The molecule has 0 amide bonds. The van der Waals surface area contributed by atoms with Crippen LogP contribution in [0.15, 0.2) is 91.0 Å². The fourth-order valence-corrected chi connectivity index (χ4v) is 3.28. The van der Waals surface area contributed by atoms with E-state index in [9.17, 15) is 18.9 Å². The van der Waals surface area contributed by atoms with E-state index in [1.54, 1.807) is 54.6 Å². The van der Waals surface area contributed by atoms with Gasteiger partial charge < -0.3 is 13.6 Å². The Hall–Kier alpha value is -3.70. The summed E-state index contributed by atoms with van der Waals surface area (Å²) >= 11 is 0. The Bertz CT molecular complexity index is 913. The number of hydrogen-bond donors (Lipinski definition) is 0. The molecule has 0 aliphatic heterocycles. The minimum Gasteiger partial charge on any atom is -0.348 e. The smallest absolute Gasteiger partial charge is 0.348 e. The van der Waals surface area contributed by atoms with Gasteiger partial charge in [0.2, 0.25) is 0 Å². The first-order valence-corrected chi connectivity index (χ1v) is 9.90. The average Bonchev–Trinajstić information content (AvgIpc) is 2.75. The molecule has 0 saturated carbocycles. The largest absolute Gasteiger partial charge is 0.654 e. The summed E-state index contributed by atoms with van der Waals surface area (Å²) in [5.41, 5.74) is 0.123.